The Kier molecular flexibility index (Phi) is 6.54. The van der Waals surface area contributed by atoms with Crippen LogP contribution < -0.4 is 10.0 Å². The number of hydrogen-bond donors (Lipinski definition) is 2. The predicted octanol–water partition coefficient (Wildman–Crippen LogP) is 3.95. The lowest BCUT2D eigenvalue weighted by Gasteiger charge is -2.11. The number of amides is 1. The summed E-state index contributed by atoms with van der Waals surface area (Å²) in [5, 5.41) is 2.84. The Hall–Kier alpha value is -3.16. The molecule has 1 aromatic heterocycles. The molecule has 0 aliphatic carbocycles. The number of aromatic nitrogens is 1. The van der Waals surface area contributed by atoms with Crippen molar-refractivity contribution in [3.8, 4) is 5.69 Å². The number of aryl methyl sites for hydroxylation is 2. The van der Waals surface area contributed by atoms with E-state index in [0.717, 1.165) is 17.1 Å². The molecule has 7 heteroatoms. The maximum Gasteiger partial charge on any atom is 0.255 e. The first kappa shape index (κ1) is 21.5. The zero-order valence-electron chi connectivity index (χ0n) is 17.1. The fourth-order valence-electron chi connectivity index (χ4n) is 3.18. The SMILES string of the molecule is C=CCNS(=O)(=O)Cc1ccc(NC(=O)c2ccc(-n3c(C)ccc3C)cc2)cc1. The van der Waals surface area contributed by atoms with Gasteiger partial charge in [0.15, 0.2) is 0 Å². The third kappa shape index (κ3) is 5.25. The average molecular weight is 424 g/mol. The lowest BCUT2D eigenvalue weighted by atomic mass is 10.1. The molecule has 0 fully saturated rings. The van der Waals surface area contributed by atoms with E-state index >= 15 is 0 Å². The molecule has 0 atom stereocenters. The summed E-state index contributed by atoms with van der Waals surface area (Å²) in [6.07, 6.45) is 1.49. The smallest absolute Gasteiger partial charge is 0.255 e. The van der Waals surface area contributed by atoms with Gasteiger partial charge in [-0.05, 0) is 67.9 Å². The molecule has 0 bridgehead atoms. The van der Waals surface area contributed by atoms with Crippen LogP contribution in [0.2, 0.25) is 0 Å². The standard InChI is InChI=1S/C23H25N3O3S/c1-4-15-24-30(28,29)16-19-7-11-21(12-8-19)25-23(27)20-9-13-22(14-10-20)26-17(2)5-6-18(26)3/h4-14,24H,1,15-16H2,2-3H3,(H,25,27). The fraction of sp³-hybridized carbons (Fsp3) is 0.174. The van der Waals surface area contributed by atoms with Gasteiger partial charge in [-0.2, -0.15) is 0 Å². The highest BCUT2D eigenvalue weighted by atomic mass is 32.2. The van der Waals surface area contributed by atoms with Gasteiger partial charge in [0.2, 0.25) is 10.0 Å². The third-order valence-electron chi connectivity index (χ3n) is 4.67. The molecule has 2 aromatic carbocycles. The van der Waals surface area contributed by atoms with Gasteiger partial charge >= 0.3 is 0 Å². The second kappa shape index (κ2) is 9.11. The van der Waals surface area contributed by atoms with Crippen LogP contribution in [0.4, 0.5) is 5.69 Å². The maximum absolute atomic E-state index is 12.5. The van der Waals surface area contributed by atoms with Gasteiger partial charge in [0.25, 0.3) is 5.91 Å². The number of anilines is 1. The summed E-state index contributed by atoms with van der Waals surface area (Å²) in [6, 6.07) is 18.3. The highest BCUT2D eigenvalue weighted by Gasteiger charge is 2.11. The molecule has 0 aliphatic heterocycles. The first-order chi connectivity index (χ1) is 14.3. The molecule has 3 aromatic rings. The molecule has 0 saturated carbocycles. The number of nitrogens with one attached hydrogen (secondary N) is 2. The van der Waals surface area contributed by atoms with Gasteiger partial charge in [0.1, 0.15) is 0 Å². The van der Waals surface area contributed by atoms with E-state index in [9.17, 15) is 13.2 Å². The van der Waals surface area contributed by atoms with Gasteiger partial charge in [-0.1, -0.05) is 18.2 Å². The van der Waals surface area contributed by atoms with Crippen molar-refractivity contribution in [3.05, 3.63) is 95.8 Å². The molecule has 1 heterocycles. The number of hydrogen-bond acceptors (Lipinski definition) is 3. The van der Waals surface area contributed by atoms with Crippen molar-refractivity contribution < 1.29 is 13.2 Å². The Labute approximate surface area is 177 Å². The van der Waals surface area contributed by atoms with Crippen LogP contribution in [0.5, 0.6) is 0 Å². The molecule has 1 amide bonds. The summed E-state index contributed by atoms with van der Waals surface area (Å²) in [7, 11) is -3.42. The largest absolute Gasteiger partial charge is 0.322 e. The molecule has 3 rings (SSSR count). The minimum atomic E-state index is -3.42. The predicted molar refractivity (Wildman–Crippen MR) is 120 cm³/mol. The van der Waals surface area contributed by atoms with Crippen LogP contribution >= 0.6 is 0 Å². The summed E-state index contributed by atoms with van der Waals surface area (Å²) in [4.78, 5) is 12.5. The van der Waals surface area contributed by atoms with Gasteiger partial charge in [0.05, 0.1) is 5.75 Å². The maximum atomic E-state index is 12.5. The lowest BCUT2D eigenvalue weighted by molar-refractivity contribution is 0.102. The number of rotatable bonds is 8. The van der Waals surface area contributed by atoms with E-state index in [1.807, 2.05) is 26.0 Å². The summed E-state index contributed by atoms with van der Waals surface area (Å²) < 4.78 is 28.4. The molecule has 30 heavy (non-hydrogen) atoms. The normalized spacial score (nSPS) is 11.3. The van der Waals surface area contributed by atoms with Gasteiger partial charge < -0.3 is 9.88 Å². The van der Waals surface area contributed by atoms with Crippen molar-refractivity contribution in [3.63, 3.8) is 0 Å². The summed E-state index contributed by atoms with van der Waals surface area (Å²) in [6.45, 7) is 7.76. The van der Waals surface area contributed by atoms with E-state index in [1.54, 1.807) is 36.4 Å². The Balaban J connectivity index is 1.65. The van der Waals surface area contributed by atoms with E-state index in [4.69, 9.17) is 0 Å². The topological polar surface area (TPSA) is 80.2 Å². The molecular weight excluding hydrogens is 398 g/mol. The summed E-state index contributed by atoms with van der Waals surface area (Å²) in [5.74, 6) is -0.357. The minimum absolute atomic E-state index is 0.130. The van der Waals surface area contributed by atoms with Crippen molar-refractivity contribution in [2.45, 2.75) is 19.6 Å². The second-order valence-corrected chi connectivity index (χ2v) is 8.85. The first-order valence-corrected chi connectivity index (χ1v) is 11.2. The highest BCUT2D eigenvalue weighted by molar-refractivity contribution is 7.88. The minimum Gasteiger partial charge on any atom is -0.322 e. The highest BCUT2D eigenvalue weighted by Crippen LogP contribution is 2.18. The number of nitrogens with zero attached hydrogens (tertiary/aromatic N) is 1. The van der Waals surface area contributed by atoms with Crippen LogP contribution in [0.3, 0.4) is 0 Å². The Morgan fingerprint density at radius 1 is 0.967 bits per heavy atom. The van der Waals surface area contributed by atoms with Crippen molar-refractivity contribution in [1.29, 1.82) is 0 Å². The van der Waals surface area contributed by atoms with Gasteiger partial charge in [0, 0.05) is 34.9 Å². The van der Waals surface area contributed by atoms with Crippen molar-refractivity contribution in [2.75, 3.05) is 11.9 Å². The van der Waals surface area contributed by atoms with Crippen molar-refractivity contribution in [1.82, 2.24) is 9.29 Å². The van der Waals surface area contributed by atoms with Crippen LogP contribution in [-0.4, -0.2) is 25.4 Å². The van der Waals surface area contributed by atoms with E-state index in [-0.39, 0.29) is 18.2 Å². The molecule has 0 saturated heterocycles. The van der Waals surface area contributed by atoms with Gasteiger partial charge in [-0.25, -0.2) is 13.1 Å². The number of benzene rings is 2. The van der Waals surface area contributed by atoms with E-state index in [1.165, 1.54) is 6.08 Å². The zero-order valence-corrected chi connectivity index (χ0v) is 17.9. The van der Waals surface area contributed by atoms with Gasteiger partial charge in [-0.15, -0.1) is 6.58 Å². The van der Waals surface area contributed by atoms with Crippen LogP contribution in [-0.2, 0) is 15.8 Å². The summed E-state index contributed by atoms with van der Waals surface area (Å²) >= 11 is 0. The molecular formula is C23H25N3O3S. The first-order valence-electron chi connectivity index (χ1n) is 9.53. The lowest BCUT2D eigenvalue weighted by Crippen LogP contribution is -2.25. The fourth-order valence-corrected chi connectivity index (χ4v) is 4.29. The Morgan fingerprint density at radius 2 is 1.57 bits per heavy atom. The molecule has 156 valence electrons. The van der Waals surface area contributed by atoms with Crippen LogP contribution in [0.1, 0.15) is 27.3 Å². The average Bonchev–Trinajstić information content (AvgIpc) is 3.06. The Bertz CT molecular complexity index is 1130. The monoisotopic (exact) mass is 423 g/mol. The third-order valence-corrected chi connectivity index (χ3v) is 5.99. The number of carbonyl (C=O) groups excluding carboxylic acids is 1. The molecule has 0 spiro atoms. The molecule has 6 nitrogen and oxygen atoms in total. The number of carbonyl (C=O) groups is 1. The molecule has 0 radical (unpaired) electrons. The van der Waals surface area contributed by atoms with Crippen LogP contribution in [0, 0.1) is 13.8 Å². The van der Waals surface area contributed by atoms with E-state index < -0.39 is 10.0 Å². The molecule has 0 unspecified atom stereocenters. The van der Waals surface area contributed by atoms with E-state index in [0.29, 0.717) is 16.8 Å². The summed E-state index contributed by atoms with van der Waals surface area (Å²) in [5.41, 5.74) is 5.04. The second-order valence-electron chi connectivity index (χ2n) is 7.05. The van der Waals surface area contributed by atoms with Crippen LogP contribution in [0.15, 0.2) is 73.3 Å². The van der Waals surface area contributed by atoms with Gasteiger partial charge in [-0.3, -0.25) is 4.79 Å². The molecule has 2 N–H and O–H groups in total. The van der Waals surface area contributed by atoms with Crippen molar-refractivity contribution in [2.24, 2.45) is 0 Å². The molecule has 0 aliphatic rings. The zero-order chi connectivity index (χ0) is 21.7. The Morgan fingerprint density at radius 3 is 2.13 bits per heavy atom. The van der Waals surface area contributed by atoms with Crippen molar-refractivity contribution >= 4 is 21.6 Å². The van der Waals surface area contributed by atoms with Crippen LogP contribution in [0.25, 0.3) is 5.69 Å². The quantitative estimate of drug-likeness (QED) is 0.539. The van der Waals surface area contributed by atoms with E-state index in [2.05, 4.69) is 33.3 Å². The number of sulfonamides is 1.